The van der Waals surface area contributed by atoms with Gasteiger partial charge < -0.3 is 25.8 Å². The third kappa shape index (κ3) is 2.36. The van der Waals surface area contributed by atoms with Crippen molar-refractivity contribution in [2.24, 2.45) is 5.73 Å². The van der Waals surface area contributed by atoms with Crippen molar-refractivity contribution in [3.05, 3.63) is 33.1 Å². The molecule has 2 rings (SSSR count). The van der Waals surface area contributed by atoms with Gasteiger partial charge in [0.15, 0.2) is 6.23 Å². The summed E-state index contributed by atoms with van der Waals surface area (Å²) >= 11 is 0. The first-order valence-electron chi connectivity index (χ1n) is 5.64. The molecular formula is C10H13N3O7. The molecule has 0 bridgehead atoms. The Balaban J connectivity index is 2.33. The summed E-state index contributed by atoms with van der Waals surface area (Å²) in [5.74, 6) is -1.42. The van der Waals surface area contributed by atoms with Gasteiger partial charge in [0.2, 0.25) is 0 Å². The minimum absolute atomic E-state index is 0.641. The molecule has 10 heteroatoms. The summed E-state index contributed by atoms with van der Waals surface area (Å²) in [6.45, 7) is 0. The van der Waals surface area contributed by atoms with Crippen molar-refractivity contribution in [3.8, 4) is 0 Å². The summed E-state index contributed by atoms with van der Waals surface area (Å²) in [5, 5.41) is 28.4. The van der Waals surface area contributed by atoms with Gasteiger partial charge in [0, 0.05) is 12.3 Å². The highest BCUT2D eigenvalue weighted by Crippen LogP contribution is 2.29. The first kappa shape index (κ1) is 14.4. The van der Waals surface area contributed by atoms with E-state index in [-0.39, 0.29) is 0 Å². The normalized spacial score (nSPS) is 31.1. The van der Waals surface area contributed by atoms with Crippen LogP contribution in [0.4, 0.5) is 0 Å². The molecule has 5 atom stereocenters. The number of nitrogens with zero attached hydrogens (tertiary/aromatic N) is 1. The Kier molecular flexibility index (Phi) is 3.72. The van der Waals surface area contributed by atoms with Crippen LogP contribution in [-0.2, 0) is 9.53 Å². The van der Waals surface area contributed by atoms with Gasteiger partial charge in [-0.1, -0.05) is 0 Å². The molecule has 0 spiro atoms. The van der Waals surface area contributed by atoms with Gasteiger partial charge in [-0.2, -0.15) is 0 Å². The number of carboxylic acid groups (broad SMARTS) is 1. The number of aromatic amines is 1. The van der Waals surface area contributed by atoms with Crippen LogP contribution in [0.1, 0.15) is 6.23 Å². The zero-order valence-corrected chi connectivity index (χ0v) is 10.0. The van der Waals surface area contributed by atoms with Gasteiger partial charge in [-0.25, -0.2) is 4.79 Å². The number of hydrogen-bond acceptors (Lipinski definition) is 7. The number of carbonyl (C=O) groups is 1. The lowest BCUT2D eigenvalue weighted by Gasteiger charge is -2.18. The van der Waals surface area contributed by atoms with Crippen molar-refractivity contribution in [2.45, 2.75) is 30.6 Å². The number of H-pyrrole nitrogens is 1. The third-order valence-electron chi connectivity index (χ3n) is 3.04. The Bertz CT molecular complexity index is 624. The minimum Gasteiger partial charge on any atom is -0.480 e. The molecule has 0 aromatic carbocycles. The van der Waals surface area contributed by atoms with Crippen molar-refractivity contribution in [2.75, 3.05) is 0 Å². The number of rotatable bonds is 3. The van der Waals surface area contributed by atoms with Crippen molar-refractivity contribution < 1.29 is 24.9 Å². The largest absolute Gasteiger partial charge is 0.480 e. The second kappa shape index (κ2) is 5.17. The number of aliphatic carboxylic acids is 1. The van der Waals surface area contributed by atoms with E-state index in [0.29, 0.717) is 0 Å². The molecule has 0 saturated carbocycles. The van der Waals surface area contributed by atoms with Crippen LogP contribution in [0, 0.1) is 0 Å². The molecule has 2 heterocycles. The Morgan fingerprint density at radius 2 is 2.05 bits per heavy atom. The Labute approximate surface area is 111 Å². The fourth-order valence-electron chi connectivity index (χ4n) is 1.98. The first-order valence-corrected chi connectivity index (χ1v) is 5.64. The molecular weight excluding hydrogens is 274 g/mol. The number of nitrogens with one attached hydrogen (secondary N) is 1. The zero-order chi connectivity index (χ0) is 15.0. The molecule has 20 heavy (non-hydrogen) atoms. The summed E-state index contributed by atoms with van der Waals surface area (Å²) in [4.78, 5) is 35.3. The van der Waals surface area contributed by atoms with Crippen LogP contribution in [0.2, 0.25) is 0 Å². The standard InChI is InChI=1S/C10H13N3O7/c11-4(9(17)18)7-5(15)6(16)8(20-7)13-2-1-3(14)12-10(13)19/h1-2,4-8,15-16H,11H2,(H,17,18)(H,12,14,19)/t4-,5-,6+,7+,8+/m0/s1. The second-order valence-electron chi connectivity index (χ2n) is 4.35. The number of aromatic nitrogens is 2. The molecule has 0 radical (unpaired) electrons. The minimum atomic E-state index is -1.58. The van der Waals surface area contributed by atoms with E-state index in [1.807, 2.05) is 4.98 Å². The Morgan fingerprint density at radius 1 is 1.40 bits per heavy atom. The van der Waals surface area contributed by atoms with Crippen LogP contribution < -0.4 is 17.0 Å². The Morgan fingerprint density at radius 3 is 2.60 bits per heavy atom. The summed E-state index contributed by atoms with van der Waals surface area (Å²) in [6.07, 6.45) is -4.80. The number of carboxylic acids is 1. The molecule has 0 unspecified atom stereocenters. The second-order valence-corrected chi connectivity index (χ2v) is 4.35. The molecule has 1 aromatic rings. The number of nitrogens with two attached hydrogens (primary N) is 1. The summed E-state index contributed by atoms with van der Waals surface area (Å²) < 4.78 is 5.99. The number of ether oxygens (including phenoxy) is 1. The highest BCUT2D eigenvalue weighted by molar-refractivity contribution is 5.74. The van der Waals surface area contributed by atoms with E-state index in [2.05, 4.69) is 0 Å². The molecule has 1 fully saturated rings. The fraction of sp³-hybridized carbons (Fsp3) is 0.500. The summed E-state index contributed by atoms with van der Waals surface area (Å²) in [6, 6.07) is -0.544. The van der Waals surface area contributed by atoms with E-state index in [1.165, 1.54) is 0 Å². The van der Waals surface area contributed by atoms with Gasteiger partial charge >= 0.3 is 11.7 Å². The van der Waals surface area contributed by atoms with Gasteiger partial charge in [0.25, 0.3) is 5.56 Å². The molecule has 1 aliphatic heterocycles. The molecule has 6 N–H and O–H groups in total. The summed E-state index contributed by atoms with van der Waals surface area (Å²) in [5.41, 5.74) is 3.83. The SMILES string of the molecule is N[C@H](C(=O)O)[C@H]1O[C@@H](n2ccc(=O)[nH]c2=O)[C@H](O)[C@@H]1O. The van der Waals surface area contributed by atoms with E-state index in [0.717, 1.165) is 16.8 Å². The molecule has 1 aliphatic rings. The number of aliphatic hydroxyl groups excluding tert-OH is 2. The fourth-order valence-corrected chi connectivity index (χ4v) is 1.98. The number of aliphatic hydroxyl groups is 2. The average molecular weight is 287 g/mol. The average Bonchev–Trinajstić information content (AvgIpc) is 2.66. The molecule has 10 nitrogen and oxygen atoms in total. The van der Waals surface area contributed by atoms with Crippen molar-refractivity contribution in [1.82, 2.24) is 9.55 Å². The Hall–Kier alpha value is -2.01. The van der Waals surface area contributed by atoms with E-state index in [9.17, 15) is 24.6 Å². The molecule has 0 amide bonds. The maximum Gasteiger partial charge on any atom is 0.330 e. The van der Waals surface area contributed by atoms with Crippen LogP contribution in [0.3, 0.4) is 0 Å². The first-order chi connectivity index (χ1) is 9.32. The quantitative estimate of drug-likeness (QED) is 0.382. The lowest BCUT2D eigenvalue weighted by atomic mass is 10.0. The lowest BCUT2D eigenvalue weighted by Crippen LogP contribution is -2.48. The maximum absolute atomic E-state index is 11.6. The van der Waals surface area contributed by atoms with Crippen LogP contribution in [0.5, 0.6) is 0 Å². The van der Waals surface area contributed by atoms with Crippen molar-refractivity contribution >= 4 is 5.97 Å². The molecule has 1 saturated heterocycles. The van der Waals surface area contributed by atoms with Crippen LogP contribution in [0.25, 0.3) is 0 Å². The monoisotopic (exact) mass is 287 g/mol. The van der Waals surface area contributed by atoms with E-state index in [4.69, 9.17) is 15.6 Å². The zero-order valence-electron chi connectivity index (χ0n) is 10.0. The molecule has 110 valence electrons. The number of hydrogen-bond donors (Lipinski definition) is 5. The van der Waals surface area contributed by atoms with Gasteiger partial charge in [-0.15, -0.1) is 0 Å². The van der Waals surface area contributed by atoms with E-state index in [1.54, 1.807) is 0 Å². The highest BCUT2D eigenvalue weighted by atomic mass is 16.6. The maximum atomic E-state index is 11.6. The third-order valence-corrected chi connectivity index (χ3v) is 3.04. The molecule has 0 aliphatic carbocycles. The van der Waals surface area contributed by atoms with Crippen LogP contribution in [0.15, 0.2) is 21.9 Å². The predicted molar refractivity (Wildman–Crippen MR) is 62.9 cm³/mol. The highest BCUT2D eigenvalue weighted by Gasteiger charge is 2.48. The van der Waals surface area contributed by atoms with Gasteiger partial charge in [-0.3, -0.25) is 19.1 Å². The van der Waals surface area contributed by atoms with Gasteiger partial charge in [0.05, 0.1) is 0 Å². The van der Waals surface area contributed by atoms with Gasteiger partial charge in [0.1, 0.15) is 24.4 Å². The molecule has 1 aromatic heterocycles. The van der Waals surface area contributed by atoms with E-state index < -0.39 is 47.8 Å². The lowest BCUT2D eigenvalue weighted by molar-refractivity contribution is -0.144. The summed E-state index contributed by atoms with van der Waals surface area (Å²) in [7, 11) is 0. The van der Waals surface area contributed by atoms with Crippen LogP contribution in [-0.4, -0.2) is 55.2 Å². The topological polar surface area (TPSA) is 168 Å². The van der Waals surface area contributed by atoms with Gasteiger partial charge in [-0.05, 0) is 0 Å². The smallest absolute Gasteiger partial charge is 0.330 e. The van der Waals surface area contributed by atoms with E-state index >= 15 is 0 Å². The van der Waals surface area contributed by atoms with Crippen LogP contribution >= 0.6 is 0 Å². The van der Waals surface area contributed by atoms with Crippen molar-refractivity contribution in [1.29, 1.82) is 0 Å². The van der Waals surface area contributed by atoms with Crippen molar-refractivity contribution in [3.63, 3.8) is 0 Å². The predicted octanol–water partition coefficient (Wildman–Crippen LogP) is -3.43.